The summed E-state index contributed by atoms with van der Waals surface area (Å²) in [5.41, 5.74) is 15.3. The molecular formula is C69H50N4O2. The predicted octanol–water partition coefficient (Wildman–Crippen LogP) is 18.4. The van der Waals surface area contributed by atoms with Gasteiger partial charge in [-0.15, -0.1) is 0 Å². The molecule has 0 amide bonds. The van der Waals surface area contributed by atoms with Gasteiger partial charge in [0, 0.05) is 55.4 Å². The Morgan fingerprint density at radius 1 is 0.587 bits per heavy atom. The fourth-order valence-corrected chi connectivity index (χ4v) is 10.3. The lowest BCUT2D eigenvalue weighted by Crippen LogP contribution is -2.09. The molecule has 0 saturated carbocycles. The van der Waals surface area contributed by atoms with E-state index in [9.17, 15) is 5.41 Å². The Morgan fingerprint density at radius 3 is 2.11 bits per heavy atom. The Labute approximate surface area is 435 Å². The number of aliphatic imine (C=N–C) groups is 2. The number of aromatic nitrogens is 1. The first-order chi connectivity index (χ1) is 37.0. The summed E-state index contributed by atoms with van der Waals surface area (Å²) in [7, 11) is 0. The maximum atomic E-state index is 9.78. The molecule has 6 nitrogen and oxygen atoms in total. The van der Waals surface area contributed by atoms with Gasteiger partial charge in [-0.2, -0.15) is 0 Å². The SMILES string of the molecule is C=C/C=C(\C=C)c1ccc2c(c1)c1cc(-c3ccccc3)ccc1n2-c1c(C2=CCCC=C2)cc(C(N=C/C=C/C=C\c2cc3ccccc3o2)=NC(=N)c2cccc3oc4ccccc4c23)cc1-c1ccccc1. The van der Waals surface area contributed by atoms with Crippen LogP contribution in [-0.2, 0) is 0 Å². The van der Waals surface area contributed by atoms with Crippen LogP contribution in [0.25, 0.3) is 99.9 Å². The fraction of sp³-hybridized carbons (Fsp3) is 0.0290. The van der Waals surface area contributed by atoms with Gasteiger partial charge in [-0.25, -0.2) is 9.98 Å². The van der Waals surface area contributed by atoms with Gasteiger partial charge in [0.25, 0.3) is 0 Å². The van der Waals surface area contributed by atoms with E-state index in [2.05, 4.69) is 145 Å². The Bertz CT molecular complexity index is 4250. The quantitative estimate of drug-likeness (QED) is 0.0752. The second kappa shape index (κ2) is 20.3. The second-order valence-corrected chi connectivity index (χ2v) is 18.4. The van der Waals surface area contributed by atoms with E-state index in [4.69, 9.17) is 18.8 Å². The molecule has 11 aromatic rings. The van der Waals surface area contributed by atoms with Crippen LogP contribution in [0.5, 0.6) is 0 Å². The highest BCUT2D eigenvalue weighted by atomic mass is 16.3. The summed E-state index contributed by atoms with van der Waals surface area (Å²) in [5.74, 6) is 1.20. The van der Waals surface area contributed by atoms with Crippen LogP contribution >= 0.6 is 0 Å². The molecule has 3 aromatic heterocycles. The van der Waals surface area contributed by atoms with E-state index in [1.165, 1.54) is 0 Å². The number of nitrogens with zero attached hydrogens (tertiary/aromatic N) is 3. The van der Waals surface area contributed by atoms with E-state index >= 15 is 0 Å². The van der Waals surface area contributed by atoms with Gasteiger partial charge < -0.3 is 13.4 Å². The van der Waals surface area contributed by atoms with Crippen molar-refractivity contribution in [1.29, 1.82) is 5.41 Å². The van der Waals surface area contributed by atoms with E-state index in [1.807, 2.05) is 115 Å². The number of para-hydroxylation sites is 2. The zero-order valence-corrected chi connectivity index (χ0v) is 41.2. The van der Waals surface area contributed by atoms with Crippen molar-refractivity contribution in [3.63, 3.8) is 0 Å². The van der Waals surface area contributed by atoms with E-state index in [1.54, 1.807) is 6.21 Å². The maximum Gasteiger partial charge on any atom is 0.161 e. The van der Waals surface area contributed by atoms with Gasteiger partial charge in [0.2, 0.25) is 0 Å². The number of furan rings is 2. The molecule has 0 unspecified atom stereocenters. The van der Waals surface area contributed by atoms with Crippen molar-refractivity contribution in [2.24, 2.45) is 9.98 Å². The topological polar surface area (TPSA) is 79.8 Å². The summed E-state index contributed by atoms with van der Waals surface area (Å²) in [5, 5.41) is 14.8. The average Bonchev–Trinajstić information content (AvgIpc) is 4.24. The maximum absolute atomic E-state index is 9.78. The molecule has 0 saturated heterocycles. The van der Waals surface area contributed by atoms with Crippen LogP contribution in [0.3, 0.4) is 0 Å². The first-order valence-electron chi connectivity index (χ1n) is 25.2. The number of nitrogens with one attached hydrogen (secondary N) is 1. The molecule has 0 aliphatic heterocycles. The van der Waals surface area contributed by atoms with Gasteiger partial charge in [0.15, 0.2) is 11.7 Å². The minimum Gasteiger partial charge on any atom is -0.457 e. The first-order valence-corrected chi connectivity index (χ1v) is 25.2. The summed E-state index contributed by atoms with van der Waals surface area (Å²) >= 11 is 0. The Kier molecular flexibility index (Phi) is 12.5. The van der Waals surface area contributed by atoms with Crippen molar-refractivity contribution in [3.8, 4) is 27.9 Å². The van der Waals surface area contributed by atoms with Crippen LogP contribution in [0.4, 0.5) is 0 Å². The molecule has 0 spiro atoms. The Hall–Kier alpha value is -9.91. The number of hydrogen-bond donors (Lipinski definition) is 1. The molecule has 0 radical (unpaired) electrons. The van der Waals surface area contributed by atoms with Crippen molar-refractivity contribution in [2.75, 3.05) is 0 Å². The van der Waals surface area contributed by atoms with E-state index < -0.39 is 0 Å². The summed E-state index contributed by atoms with van der Waals surface area (Å²) in [4.78, 5) is 10.3. The third kappa shape index (κ3) is 8.96. The van der Waals surface area contributed by atoms with Crippen molar-refractivity contribution in [3.05, 3.63) is 278 Å². The van der Waals surface area contributed by atoms with Crippen molar-refractivity contribution >= 4 is 89.8 Å². The van der Waals surface area contributed by atoms with Crippen LogP contribution in [0.2, 0.25) is 0 Å². The van der Waals surface area contributed by atoms with Gasteiger partial charge in [0.05, 0.1) is 16.7 Å². The molecule has 1 aliphatic rings. The Morgan fingerprint density at radius 2 is 1.32 bits per heavy atom. The molecule has 12 rings (SSSR count). The molecule has 1 aliphatic carbocycles. The molecule has 6 heteroatoms. The van der Waals surface area contributed by atoms with Crippen LogP contribution in [0, 0.1) is 5.41 Å². The summed E-state index contributed by atoms with van der Waals surface area (Å²) in [6.07, 6.45) is 23.8. The molecule has 8 aromatic carbocycles. The second-order valence-electron chi connectivity index (χ2n) is 18.4. The fourth-order valence-electron chi connectivity index (χ4n) is 10.3. The molecule has 1 N–H and O–H groups in total. The smallest absolute Gasteiger partial charge is 0.161 e. The minimum atomic E-state index is 0.0635. The van der Waals surface area contributed by atoms with Gasteiger partial charge in [0.1, 0.15) is 22.5 Å². The van der Waals surface area contributed by atoms with Crippen LogP contribution < -0.4 is 0 Å². The van der Waals surface area contributed by atoms with Crippen molar-refractivity contribution in [2.45, 2.75) is 12.8 Å². The van der Waals surface area contributed by atoms with Crippen molar-refractivity contribution < 1.29 is 8.83 Å². The lowest BCUT2D eigenvalue weighted by atomic mass is 9.90. The zero-order valence-electron chi connectivity index (χ0n) is 41.2. The molecule has 0 bridgehead atoms. The van der Waals surface area contributed by atoms with Crippen molar-refractivity contribution in [1.82, 2.24) is 4.57 Å². The largest absolute Gasteiger partial charge is 0.457 e. The zero-order chi connectivity index (χ0) is 50.7. The normalized spacial score (nSPS) is 13.4. The molecule has 0 fully saturated rings. The minimum absolute atomic E-state index is 0.0635. The van der Waals surface area contributed by atoms with Gasteiger partial charge in [-0.1, -0.05) is 183 Å². The molecule has 3 heterocycles. The van der Waals surface area contributed by atoms with Crippen LogP contribution in [0.15, 0.2) is 269 Å². The highest BCUT2D eigenvalue weighted by Gasteiger charge is 2.24. The summed E-state index contributed by atoms with van der Waals surface area (Å²) < 4.78 is 14.7. The highest BCUT2D eigenvalue weighted by Crippen LogP contribution is 2.44. The van der Waals surface area contributed by atoms with Crippen LogP contribution in [-0.4, -0.2) is 22.5 Å². The summed E-state index contributed by atoms with van der Waals surface area (Å²) in [6.45, 7) is 8.17. The number of benzene rings is 8. The number of allylic oxidation sites excluding steroid dienone is 11. The van der Waals surface area contributed by atoms with Gasteiger partial charge in [-0.05, 0) is 119 Å². The Balaban J connectivity index is 1.09. The lowest BCUT2D eigenvalue weighted by Gasteiger charge is -2.22. The monoisotopic (exact) mass is 966 g/mol. The first kappa shape index (κ1) is 46.2. The van der Waals surface area contributed by atoms with Gasteiger partial charge in [-0.3, -0.25) is 5.41 Å². The molecule has 358 valence electrons. The number of hydrogen-bond acceptors (Lipinski definition) is 3. The van der Waals surface area contributed by atoms with E-state index in [-0.39, 0.29) is 5.84 Å². The van der Waals surface area contributed by atoms with E-state index in [0.29, 0.717) is 17.0 Å². The third-order valence-electron chi connectivity index (χ3n) is 13.8. The predicted molar refractivity (Wildman–Crippen MR) is 316 cm³/mol. The average molecular weight is 967 g/mol. The number of fused-ring (bicyclic) bond motifs is 7. The van der Waals surface area contributed by atoms with Gasteiger partial charge >= 0.3 is 0 Å². The van der Waals surface area contributed by atoms with Crippen LogP contribution in [0.1, 0.15) is 40.9 Å². The van der Waals surface area contributed by atoms with E-state index in [0.717, 1.165) is 124 Å². The molecule has 0 atom stereocenters. The molecule has 75 heavy (non-hydrogen) atoms. The third-order valence-corrected chi connectivity index (χ3v) is 13.8. The highest BCUT2D eigenvalue weighted by molar-refractivity contribution is 6.21. The lowest BCUT2D eigenvalue weighted by molar-refractivity contribution is 0.604. The number of amidine groups is 2. The standard InChI is InChI=1S/C69H50N4O2/c1-3-22-46(4-2)50-36-38-61-59(42-50)60-43-51(47-23-9-5-10-24-47)37-39-62(60)73(61)67-57(48-25-11-6-12-26-48)44-53(45-58(67)49-27-13-7-14-28-49)69(71-40-20-8-15-30-54-41-52-29-16-18-33-63(52)74-54)72-68(70)56-32-21-35-65-66(56)55-31-17-19-34-64(55)75-65/h3-6,8-13,15-45,70H,1-2,7,14H2/b20-8+,30-15-,46-22+,70-68?,71-40?,72-69?. The summed E-state index contributed by atoms with van der Waals surface area (Å²) in [6, 6.07) is 62.7. The molecular weight excluding hydrogens is 917 g/mol. The number of rotatable bonds is 12.